The van der Waals surface area contributed by atoms with Crippen LogP contribution in [0, 0.1) is 23.4 Å². The van der Waals surface area contributed by atoms with Crippen molar-refractivity contribution < 1.29 is 17.9 Å². The molecule has 0 heterocycles. The molecule has 0 amide bonds. The van der Waals surface area contributed by atoms with Gasteiger partial charge in [-0.1, -0.05) is 75.9 Å². The minimum absolute atomic E-state index is 0.0738. The molecule has 1 nitrogen and oxygen atoms in total. The molecule has 0 N–H and O–H groups in total. The first kappa shape index (κ1) is 26.3. The molecule has 1 fully saturated rings. The highest BCUT2D eigenvalue weighted by atomic mass is 19.2. The number of rotatable bonds is 10. The average Bonchev–Trinajstić information content (AvgIpc) is 2.90. The van der Waals surface area contributed by atoms with Crippen molar-refractivity contribution >= 4 is 0 Å². The molecule has 0 aliphatic heterocycles. The Morgan fingerprint density at radius 2 is 1.42 bits per heavy atom. The smallest absolute Gasteiger partial charge is 0.201 e. The summed E-state index contributed by atoms with van der Waals surface area (Å²) < 4.78 is 49.5. The van der Waals surface area contributed by atoms with E-state index in [0.29, 0.717) is 24.5 Å². The van der Waals surface area contributed by atoms with Crippen LogP contribution in [0.3, 0.4) is 0 Å². The highest BCUT2D eigenvalue weighted by molar-refractivity contribution is 5.71. The van der Waals surface area contributed by atoms with E-state index in [1.54, 1.807) is 18.2 Å². The second-order valence-corrected chi connectivity index (χ2v) is 10.1. The summed E-state index contributed by atoms with van der Waals surface area (Å²) in [4.78, 5) is 0. The Balaban J connectivity index is 1.43. The highest BCUT2D eigenvalue weighted by Gasteiger charge is 2.24. The fourth-order valence-corrected chi connectivity index (χ4v) is 5.40. The lowest BCUT2D eigenvalue weighted by atomic mass is 9.76. The van der Waals surface area contributed by atoms with Crippen molar-refractivity contribution in [1.29, 1.82) is 0 Å². The molecule has 3 aromatic rings. The number of hydrogen-bond acceptors (Lipinski definition) is 1. The summed E-state index contributed by atoms with van der Waals surface area (Å²) in [6, 6.07) is 15.6. The van der Waals surface area contributed by atoms with Crippen molar-refractivity contribution in [2.75, 3.05) is 6.61 Å². The SMILES string of the molecule is CCCCCC1CCC(c2ccc(-c3ccc(-c4ccc(OCCC)c(F)c4F)cc3)cc2F)CC1. The predicted octanol–water partition coefficient (Wildman–Crippen LogP) is 10.1. The standard InChI is InChI=1S/C32H37F3O/c1-3-5-6-7-22-8-10-24(11-9-22)27-17-16-26(21-29(27)33)23-12-14-25(15-13-23)28-18-19-30(36-20-4-2)32(35)31(28)34/h12-19,21-22,24H,3-11,20H2,1-2H3. The summed E-state index contributed by atoms with van der Waals surface area (Å²) in [7, 11) is 0. The average molecular weight is 495 g/mol. The maximum absolute atomic E-state index is 15.1. The molecule has 0 unspecified atom stereocenters. The highest BCUT2D eigenvalue weighted by Crippen LogP contribution is 2.39. The van der Waals surface area contributed by atoms with E-state index in [2.05, 4.69) is 6.92 Å². The zero-order valence-electron chi connectivity index (χ0n) is 21.5. The zero-order valence-corrected chi connectivity index (χ0v) is 21.5. The lowest BCUT2D eigenvalue weighted by molar-refractivity contribution is 0.295. The summed E-state index contributed by atoms with van der Waals surface area (Å²) in [6.07, 6.45) is 10.4. The normalized spacial score (nSPS) is 17.8. The van der Waals surface area contributed by atoms with Gasteiger partial charge in [-0.15, -0.1) is 0 Å². The van der Waals surface area contributed by atoms with Gasteiger partial charge in [-0.3, -0.25) is 0 Å². The predicted molar refractivity (Wildman–Crippen MR) is 142 cm³/mol. The number of hydrogen-bond donors (Lipinski definition) is 0. The second kappa shape index (κ2) is 12.5. The van der Waals surface area contributed by atoms with Crippen LogP contribution in [0.25, 0.3) is 22.3 Å². The van der Waals surface area contributed by atoms with Gasteiger partial charge >= 0.3 is 0 Å². The van der Waals surface area contributed by atoms with Gasteiger partial charge in [-0.05, 0) is 84.4 Å². The van der Waals surface area contributed by atoms with Crippen LogP contribution < -0.4 is 4.74 Å². The minimum Gasteiger partial charge on any atom is -0.490 e. The molecule has 0 radical (unpaired) electrons. The van der Waals surface area contributed by atoms with Gasteiger partial charge in [0, 0.05) is 5.56 Å². The third-order valence-electron chi connectivity index (χ3n) is 7.54. The first-order valence-electron chi connectivity index (χ1n) is 13.5. The molecule has 3 aromatic carbocycles. The Hall–Kier alpha value is -2.75. The van der Waals surface area contributed by atoms with Crippen molar-refractivity contribution in [1.82, 2.24) is 0 Å². The van der Waals surface area contributed by atoms with E-state index in [4.69, 9.17) is 4.74 Å². The molecule has 0 aromatic heterocycles. The quantitative estimate of drug-likeness (QED) is 0.255. The third kappa shape index (κ3) is 6.14. The summed E-state index contributed by atoms with van der Waals surface area (Å²) >= 11 is 0. The molecule has 192 valence electrons. The van der Waals surface area contributed by atoms with Crippen LogP contribution in [0.15, 0.2) is 54.6 Å². The summed E-state index contributed by atoms with van der Waals surface area (Å²) in [5, 5.41) is 0. The lowest BCUT2D eigenvalue weighted by Gasteiger charge is -2.29. The van der Waals surface area contributed by atoms with Crippen molar-refractivity contribution in [2.24, 2.45) is 5.92 Å². The van der Waals surface area contributed by atoms with Crippen molar-refractivity contribution in [2.45, 2.75) is 77.6 Å². The Morgan fingerprint density at radius 1 is 0.722 bits per heavy atom. The van der Waals surface area contributed by atoms with E-state index in [0.717, 1.165) is 35.4 Å². The fourth-order valence-electron chi connectivity index (χ4n) is 5.40. The molecule has 36 heavy (non-hydrogen) atoms. The Bertz CT molecular complexity index is 1130. The van der Waals surface area contributed by atoms with E-state index in [9.17, 15) is 8.78 Å². The van der Waals surface area contributed by atoms with Crippen LogP contribution in [0.4, 0.5) is 13.2 Å². The largest absolute Gasteiger partial charge is 0.490 e. The summed E-state index contributed by atoms with van der Waals surface area (Å²) in [5.74, 6) is -1.03. The summed E-state index contributed by atoms with van der Waals surface area (Å²) in [5.41, 5.74) is 3.18. The van der Waals surface area contributed by atoms with Gasteiger partial charge in [0.25, 0.3) is 0 Å². The number of ether oxygens (including phenoxy) is 1. The van der Waals surface area contributed by atoms with Gasteiger partial charge in [-0.2, -0.15) is 4.39 Å². The molecule has 1 aliphatic rings. The molecule has 1 saturated carbocycles. The Morgan fingerprint density at radius 3 is 2.08 bits per heavy atom. The van der Waals surface area contributed by atoms with Gasteiger partial charge in [0.15, 0.2) is 11.6 Å². The van der Waals surface area contributed by atoms with E-state index in [1.165, 1.54) is 50.7 Å². The minimum atomic E-state index is -0.974. The molecule has 0 bridgehead atoms. The molecule has 0 atom stereocenters. The lowest BCUT2D eigenvalue weighted by Crippen LogP contribution is -2.14. The molecule has 4 heteroatoms. The first-order chi connectivity index (χ1) is 17.5. The van der Waals surface area contributed by atoms with Gasteiger partial charge in [-0.25, -0.2) is 8.78 Å². The van der Waals surface area contributed by atoms with Gasteiger partial charge in [0.2, 0.25) is 5.82 Å². The van der Waals surface area contributed by atoms with E-state index < -0.39 is 11.6 Å². The van der Waals surface area contributed by atoms with E-state index >= 15 is 4.39 Å². The molecule has 4 rings (SSSR count). The van der Waals surface area contributed by atoms with Crippen LogP contribution in [0.5, 0.6) is 5.75 Å². The number of benzene rings is 3. The van der Waals surface area contributed by atoms with Crippen LogP contribution in [0.1, 0.15) is 83.1 Å². The van der Waals surface area contributed by atoms with E-state index in [1.807, 2.05) is 31.2 Å². The first-order valence-corrected chi connectivity index (χ1v) is 13.5. The van der Waals surface area contributed by atoms with Gasteiger partial charge < -0.3 is 4.74 Å². The number of unbranched alkanes of at least 4 members (excludes halogenated alkanes) is 2. The number of halogens is 3. The maximum Gasteiger partial charge on any atom is 0.201 e. The van der Waals surface area contributed by atoms with Crippen LogP contribution in [-0.2, 0) is 0 Å². The summed E-state index contributed by atoms with van der Waals surface area (Å²) in [6.45, 7) is 4.48. The van der Waals surface area contributed by atoms with Crippen LogP contribution >= 0.6 is 0 Å². The molecule has 0 spiro atoms. The van der Waals surface area contributed by atoms with Gasteiger partial charge in [0.05, 0.1) is 6.61 Å². The fraction of sp³-hybridized carbons (Fsp3) is 0.438. The van der Waals surface area contributed by atoms with Crippen molar-refractivity contribution in [3.05, 3.63) is 77.6 Å². The molecular formula is C32H37F3O. The maximum atomic E-state index is 15.1. The van der Waals surface area contributed by atoms with Crippen LogP contribution in [0.2, 0.25) is 0 Å². The zero-order chi connectivity index (χ0) is 25.5. The van der Waals surface area contributed by atoms with Crippen molar-refractivity contribution in [3.8, 4) is 28.0 Å². The molecular weight excluding hydrogens is 457 g/mol. The van der Waals surface area contributed by atoms with Crippen molar-refractivity contribution in [3.63, 3.8) is 0 Å². The molecule has 1 aliphatic carbocycles. The van der Waals surface area contributed by atoms with Crippen LogP contribution in [-0.4, -0.2) is 6.61 Å². The third-order valence-corrected chi connectivity index (χ3v) is 7.54. The Labute approximate surface area is 213 Å². The topological polar surface area (TPSA) is 9.23 Å². The monoisotopic (exact) mass is 494 g/mol. The second-order valence-electron chi connectivity index (χ2n) is 10.1. The molecule has 0 saturated heterocycles. The Kier molecular flexibility index (Phi) is 9.12. The van der Waals surface area contributed by atoms with Gasteiger partial charge in [0.1, 0.15) is 5.82 Å². The van der Waals surface area contributed by atoms with E-state index in [-0.39, 0.29) is 17.1 Å².